The van der Waals surface area contributed by atoms with Gasteiger partial charge in [0.1, 0.15) is 17.3 Å². The molecule has 0 spiro atoms. The predicted molar refractivity (Wildman–Crippen MR) is 101 cm³/mol. The fraction of sp³-hybridized carbons (Fsp3) is 0.316. The van der Waals surface area contributed by atoms with Crippen LogP contribution < -0.4 is 20.1 Å². The minimum absolute atomic E-state index is 0. The molecule has 1 heterocycles. The van der Waals surface area contributed by atoms with Crippen molar-refractivity contribution in [1.82, 2.24) is 5.32 Å². The summed E-state index contributed by atoms with van der Waals surface area (Å²) in [6.07, 6.45) is 0.608. The quantitative estimate of drug-likeness (QED) is 0.852. The molecule has 2 N–H and O–H groups in total. The third kappa shape index (κ3) is 3.76. The maximum Gasteiger partial charge on any atom is 0.256 e. The Morgan fingerprint density at radius 3 is 2.46 bits per heavy atom. The largest absolute Gasteiger partial charge is 0.496 e. The first-order valence-corrected chi connectivity index (χ1v) is 8.10. The molecule has 140 valence electrons. The van der Waals surface area contributed by atoms with E-state index in [1.54, 1.807) is 18.2 Å². The lowest BCUT2D eigenvalue weighted by molar-refractivity contribution is 0.102. The van der Waals surface area contributed by atoms with Crippen molar-refractivity contribution in [3.05, 3.63) is 52.3 Å². The molecule has 2 aromatic carbocycles. The lowest BCUT2D eigenvalue weighted by Gasteiger charge is -2.19. The van der Waals surface area contributed by atoms with Crippen LogP contribution in [0, 0.1) is 12.7 Å². The summed E-state index contributed by atoms with van der Waals surface area (Å²) in [5.41, 5.74) is 2.92. The Labute approximate surface area is 158 Å². The molecule has 7 heteroatoms. The maximum absolute atomic E-state index is 14.7. The molecule has 0 radical (unpaired) electrons. The van der Waals surface area contributed by atoms with Crippen LogP contribution in [0.3, 0.4) is 0 Å². The van der Waals surface area contributed by atoms with Gasteiger partial charge in [0.05, 0.1) is 19.9 Å². The number of carbonyl (C=O) groups is 1. The zero-order valence-electron chi connectivity index (χ0n) is 14.9. The highest BCUT2D eigenvalue weighted by atomic mass is 35.5. The van der Waals surface area contributed by atoms with Crippen LogP contribution in [0.25, 0.3) is 0 Å². The van der Waals surface area contributed by atoms with Crippen LogP contribution >= 0.6 is 12.4 Å². The lowest BCUT2D eigenvalue weighted by Crippen LogP contribution is -2.25. The normalized spacial score (nSPS) is 12.6. The summed E-state index contributed by atoms with van der Waals surface area (Å²) < 4.78 is 25.3. The number of ether oxygens (including phenoxy) is 2. The van der Waals surface area contributed by atoms with Gasteiger partial charge in [-0.25, -0.2) is 4.39 Å². The molecule has 0 unspecified atom stereocenters. The molecule has 26 heavy (non-hydrogen) atoms. The fourth-order valence-corrected chi connectivity index (χ4v) is 3.04. The lowest BCUT2D eigenvalue weighted by atomic mass is 9.99. The smallest absolute Gasteiger partial charge is 0.256 e. The number of nitrogens with one attached hydrogen (secondary N) is 2. The number of carbonyl (C=O) groups excluding carboxylic acids is 1. The predicted octanol–water partition coefficient (Wildman–Crippen LogP) is 3.47. The summed E-state index contributed by atoms with van der Waals surface area (Å²) in [5.74, 6) is 0.311. The van der Waals surface area contributed by atoms with E-state index in [2.05, 4.69) is 10.6 Å². The zero-order valence-corrected chi connectivity index (χ0v) is 15.8. The Morgan fingerprint density at radius 2 is 1.85 bits per heavy atom. The topological polar surface area (TPSA) is 59.6 Å². The molecule has 1 aliphatic heterocycles. The Balaban J connectivity index is 0.00000243. The van der Waals surface area contributed by atoms with Crippen molar-refractivity contribution in [2.75, 3.05) is 26.1 Å². The van der Waals surface area contributed by atoms with Gasteiger partial charge in [-0.2, -0.15) is 0 Å². The first kappa shape index (κ1) is 20.0. The van der Waals surface area contributed by atoms with Crippen molar-refractivity contribution in [2.24, 2.45) is 0 Å². The molecule has 0 aliphatic carbocycles. The van der Waals surface area contributed by atoms with E-state index in [1.807, 2.05) is 13.0 Å². The van der Waals surface area contributed by atoms with Gasteiger partial charge >= 0.3 is 0 Å². The van der Waals surface area contributed by atoms with E-state index >= 15 is 0 Å². The molecule has 0 bridgehead atoms. The number of halogens is 2. The van der Waals surface area contributed by atoms with E-state index in [-0.39, 0.29) is 23.9 Å². The summed E-state index contributed by atoms with van der Waals surface area (Å²) in [5, 5.41) is 5.86. The second-order valence-electron chi connectivity index (χ2n) is 5.95. The van der Waals surface area contributed by atoms with Crippen molar-refractivity contribution in [2.45, 2.75) is 19.9 Å². The number of fused-ring (bicyclic) bond motifs is 1. The van der Waals surface area contributed by atoms with Gasteiger partial charge in [-0.05, 0) is 49.2 Å². The highest BCUT2D eigenvalue weighted by Crippen LogP contribution is 2.30. The second-order valence-corrected chi connectivity index (χ2v) is 5.95. The molecule has 5 nitrogen and oxygen atoms in total. The van der Waals surface area contributed by atoms with Crippen molar-refractivity contribution in [1.29, 1.82) is 0 Å². The maximum atomic E-state index is 14.7. The third-order valence-electron chi connectivity index (χ3n) is 4.47. The Morgan fingerprint density at radius 1 is 1.19 bits per heavy atom. The Bertz CT molecular complexity index is 802. The molecule has 2 aromatic rings. The van der Waals surface area contributed by atoms with Crippen LogP contribution in [-0.2, 0) is 13.0 Å². The number of methoxy groups -OCH3 is 2. The van der Waals surface area contributed by atoms with Gasteiger partial charge in [0.15, 0.2) is 0 Å². The van der Waals surface area contributed by atoms with Gasteiger partial charge in [0.2, 0.25) is 0 Å². The van der Waals surface area contributed by atoms with Crippen LogP contribution in [0.15, 0.2) is 24.3 Å². The standard InChI is InChI=1S/C19H21FN2O3.ClH/c1-11-16(24-2)8-13(9-17(11)25-3)19(23)22-15-5-4-12-10-21-7-6-14(12)18(15)20;/h4-5,8-9,21H,6-7,10H2,1-3H3,(H,22,23);1H. The molecule has 1 aliphatic rings. The number of rotatable bonds is 4. The number of anilines is 1. The van der Waals surface area contributed by atoms with Gasteiger partial charge < -0.3 is 20.1 Å². The van der Waals surface area contributed by atoms with E-state index in [4.69, 9.17) is 9.47 Å². The fourth-order valence-electron chi connectivity index (χ4n) is 3.04. The van der Waals surface area contributed by atoms with Crippen molar-refractivity contribution in [3.63, 3.8) is 0 Å². The first-order chi connectivity index (χ1) is 12.0. The minimum Gasteiger partial charge on any atom is -0.496 e. The van der Waals surface area contributed by atoms with Gasteiger partial charge in [-0.1, -0.05) is 6.07 Å². The van der Waals surface area contributed by atoms with E-state index in [0.29, 0.717) is 35.6 Å². The summed E-state index contributed by atoms with van der Waals surface area (Å²) >= 11 is 0. The molecule has 0 saturated heterocycles. The molecule has 0 saturated carbocycles. The van der Waals surface area contributed by atoms with Gasteiger partial charge in [-0.15, -0.1) is 12.4 Å². The SMILES string of the molecule is COc1cc(C(=O)Nc2ccc3c(c2F)CCNC3)cc(OC)c1C.Cl. The molecule has 1 amide bonds. The van der Waals surface area contributed by atoms with Gasteiger partial charge in [-0.3, -0.25) is 4.79 Å². The van der Waals surface area contributed by atoms with Crippen LogP contribution in [0.4, 0.5) is 10.1 Å². The zero-order chi connectivity index (χ0) is 18.0. The summed E-state index contributed by atoms with van der Waals surface area (Å²) in [7, 11) is 3.06. The number of hydrogen-bond donors (Lipinski definition) is 2. The first-order valence-electron chi connectivity index (χ1n) is 8.10. The van der Waals surface area contributed by atoms with E-state index < -0.39 is 5.91 Å². The summed E-state index contributed by atoms with van der Waals surface area (Å²) in [4.78, 5) is 12.6. The number of hydrogen-bond acceptors (Lipinski definition) is 4. The average Bonchev–Trinajstić information content (AvgIpc) is 2.64. The molecule has 0 fully saturated rings. The van der Waals surface area contributed by atoms with Crippen LogP contribution in [0.1, 0.15) is 27.0 Å². The molecular weight excluding hydrogens is 359 g/mol. The molecule has 0 aromatic heterocycles. The van der Waals surface area contributed by atoms with Crippen molar-refractivity contribution in [3.8, 4) is 11.5 Å². The van der Waals surface area contributed by atoms with Crippen molar-refractivity contribution >= 4 is 24.0 Å². The summed E-state index contributed by atoms with van der Waals surface area (Å²) in [6.45, 7) is 3.22. The highest BCUT2D eigenvalue weighted by Gasteiger charge is 2.19. The van der Waals surface area contributed by atoms with Crippen LogP contribution in [-0.4, -0.2) is 26.7 Å². The van der Waals surface area contributed by atoms with Gasteiger partial charge in [0, 0.05) is 17.7 Å². The van der Waals surface area contributed by atoms with E-state index in [9.17, 15) is 9.18 Å². The molecule has 0 atom stereocenters. The van der Waals surface area contributed by atoms with Crippen LogP contribution in [0.5, 0.6) is 11.5 Å². The number of benzene rings is 2. The van der Waals surface area contributed by atoms with Gasteiger partial charge in [0.25, 0.3) is 5.91 Å². The summed E-state index contributed by atoms with van der Waals surface area (Å²) in [6, 6.07) is 6.68. The second kappa shape index (κ2) is 8.38. The Hall–Kier alpha value is -2.31. The minimum atomic E-state index is -0.413. The van der Waals surface area contributed by atoms with Crippen molar-refractivity contribution < 1.29 is 18.7 Å². The van der Waals surface area contributed by atoms with Crippen LogP contribution in [0.2, 0.25) is 0 Å². The average molecular weight is 381 g/mol. The highest BCUT2D eigenvalue weighted by molar-refractivity contribution is 6.05. The molecular formula is C19H22ClFN2O3. The monoisotopic (exact) mass is 380 g/mol. The van der Waals surface area contributed by atoms with E-state index in [1.165, 1.54) is 14.2 Å². The molecule has 3 rings (SSSR count). The Kier molecular flexibility index (Phi) is 6.45. The number of amides is 1. The van der Waals surface area contributed by atoms with E-state index in [0.717, 1.165) is 17.7 Å². The third-order valence-corrected chi connectivity index (χ3v) is 4.47.